The zero-order valence-corrected chi connectivity index (χ0v) is 42.3. The summed E-state index contributed by atoms with van der Waals surface area (Å²) in [4.78, 5) is 30.3. The van der Waals surface area contributed by atoms with Gasteiger partial charge in [-0.15, -0.1) is 10.2 Å². The van der Waals surface area contributed by atoms with E-state index in [0.29, 0.717) is 12.6 Å². The number of aromatic amines is 1. The average Bonchev–Trinajstić information content (AvgIpc) is 4.14. The number of halogens is 1. The topological polar surface area (TPSA) is 259 Å². The molecule has 6 N–H and O–H groups in total. The highest BCUT2D eigenvalue weighted by molar-refractivity contribution is 8.13. The summed E-state index contributed by atoms with van der Waals surface area (Å²) < 4.78 is 62.3. The number of carbonyl (C=O) groups is 2. The van der Waals surface area contributed by atoms with Crippen LogP contribution >= 0.6 is 10.7 Å². The third-order valence-corrected chi connectivity index (χ3v) is 17.0. The highest BCUT2D eigenvalue weighted by Gasteiger charge is 2.32. The maximum atomic E-state index is 12.9. The molecule has 0 spiro atoms. The number of hydrogen-bond donors (Lipinski definition) is 5. The van der Waals surface area contributed by atoms with Crippen molar-refractivity contribution in [3.63, 3.8) is 0 Å². The number of sulfonamides is 1. The lowest BCUT2D eigenvalue weighted by Crippen LogP contribution is -2.39. The molecular weight excluding hydrogens is 938 g/mol. The maximum Gasteiger partial charge on any atom is 0.321 e. The van der Waals surface area contributed by atoms with Gasteiger partial charge in [0.25, 0.3) is 29.4 Å². The SMILES string of the molecule is COC(=O)CN(CCN)S(=O)(=O)c1nc(Nc2c3c(cc4c2CCC4)CCC3)n[nH]1.C[Si](C)(C)CCOCn1nc(S(=O)(=O)Cl)nc1Nc1c2c(cc3c1CCC3)CCC2.O=C1CCCCN1. The molecule has 0 radical (unpaired) electrons. The Morgan fingerprint density at radius 1 is 0.836 bits per heavy atom. The van der Waals surface area contributed by atoms with Crippen molar-refractivity contribution in [1.29, 1.82) is 0 Å². The van der Waals surface area contributed by atoms with E-state index in [-0.39, 0.29) is 36.8 Å². The van der Waals surface area contributed by atoms with Gasteiger partial charge in [0.1, 0.15) is 13.3 Å². The van der Waals surface area contributed by atoms with Crippen LogP contribution in [0.5, 0.6) is 0 Å². The zero-order chi connectivity index (χ0) is 47.9. The molecule has 67 heavy (non-hydrogen) atoms. The molecule has 1 amide bonds. The fourth-order valence-electron chi connectivity index (χ4n) is 9.20. The minimum atomic E-state index is -4.08. The number of esters is 1. The van der Waals surface area contributed by atoms with E-state index >= 15 is 0 Å². The Balaban J connectivity index is 0.000000173. The van der Waals surface area contributed by atoms with Crippen LogP contribution in [-0.2, 0) is 96.2 Å². The summed E-state index contributed by atoms with van der Waals surface area (Å²) in [5, 5.41) is 19.4. The molecule has 5 aliphatic rings. The van der Waals surface area contributed by atoms with Crippen LogP contribution in [0.15, 0.2) is 22.4 Å². The summed E-state index contributed by atoms with van der Waals surface area (Å²) >= 11 is 0. The molecule has 0 unspecified atom stereocenters. The van der Waals surface area contributed by atoms with Crippen LogP contribution in [0, 0.1) is 0 Å². The van der Waals surface area contributed by atoms with E-state index in [1.807, 2.05) is 0 Å². The van der Waals surface area contributed by atoms with Crippen molar-refractivity contribution < 1.29 is 35.9 Å². The molecule has 2 aromatic heterocycles. The van der Waals surface area contributed by atoms with E-state index in [0.717, 1.165) is 125 Å². The van der Waals surface area contributed by atoms with E-state index in [4.69, 9.17) is 21.2 Å². The largest absolute Gasteiger partial charge is 0.468 e. The van der Waals surface area contributed by atoms with E-state index in [9.17, 15) is 26.4 Å². The molecule has 9 rings (SSSR count). The summed E-state index contributed by atoms with van der Waals surface area (Å²) in [5.74, 6) is 0.0805. The second-order valence-corrected chi connectivity index (χ2v) is 28.6. The molecule has 3 heterocycles. The lowest BCUT2D eigenvalue weighted by molar-refractivity contribution is -0.140. The summed E-state index contributed by atoms with van der Waals surface area (Å²) in [7, 11) is -2.61. The number of nitrogens with zero attached hydrogens (tertiary/aromatic N) is 6. The number of hydrogen-bond acceptors (Lipinski definition) is 15. The number of nitrogens with two attached hydrogens (primary N) is 1. The van der Waals surface area contributed by atoms with Gasteiger partial charge in [0, 0.05) is 62.8 Å². The highest BCUT2D eigenvalue weighted by atomic mass is 35.7. The monoisotopic (exact) mass is 1000 g/mol. The molecule has 4 aliphatic carbocycles. The predicted octanol–water partition coefficient (Wildman–Crippen LogP) is 5.17. The number of benzene rings is 2. The Hall–Kier alpha value is -4.45. The first-order valence-electron chi connectivity index (χ1n) is 23.3. The number of carbonyl (C=O) groups excluding carboxylic acids is 2. The first-order chi connectivity index (χ1) is 31.9. The normalized spacial score (nSPS) is 16.3. The Morgan fingerprint density at radius 2 is 1.40 bits per heavy atom. The number of anilines is 4. The lowest BCUT2D eigenvalue weighted by Gasteiger charge is -2.18. The number of methoxy groups -OCH3 is 1. The first-order valence-corrected chi connectivity index (χ1v) is 30.7. The van der Waals surface area contributed by atoms with Crippen molar-refractivity contribution in [2.45, 2.75) is 139 Å². The number of piperidine rings is 1. The highest BCUT2D eigenvalue weighted by Crippen LogP contribution is 2.41. The van der Waals surface area contributed by atoms with Crippen LogP contribution in [-0.4, -0.2) is 111 Å². The fourth-order valence-corrected chi connectivity index (χ4v) is 11.8. The molecule has 0 bridgehead atoms. The first kappa shape index (κ1) is 50.4. The molecule has 0 saturated carbocycles. The van der Waals surface area contributed by atoms with Crippen LogP contribution < -0.4 is 21.7 Å². The van der Waals surface area contributed by atoms with Gasteiger partial charge in [0.05, 0.1) is 7.11 Å². The van der Waals surface area contributed by atoms with Gasteiger partial charge >= 0.3 is 5.97 Å². The second-order valence-electron chi connectivity index (χ2n) is 18.7. The molecular formula is C44H64ClN11O8S2Si. The van der Waals surface area contributed by atoms with Crippen LogP contribution in [0.4, 0.5) is 23.3 Å². The summed E-state index contributed by atoms with van der Waals surface area (Å²) in [6.45, 7) is 8.04. The smallest absolute Gasteiger partial charge is 0.321 e. The number of H-pyrrole nitrogens is 1. The Kier molecular flexibility index (Phi) is 16.5. The molecule has 1 aliphatic heterocycles. The van der Waals surface area contributed by atoms with Crippen molar-refractivity contribution >= 4 is 73.0 Å². The van der Waals surface area contributed by atoms with Crippen molar-refractivity contribution in [1.82, 2.24) is 39.6 Å². The molecule has 4 aromatic rings. The molecule has 366 valence electrons. The molecule has 1 saturated heterocycles. The van der Waals surface area contributed by atoms with Crippen LogP contribution in [0.3, 0.4) is 0 Å². The predicted molar refractivity (Wildman–Crippen MR) is 258 cm³/mol. The summed E-state index contributed by atoms with van der Waals surface area (Å²) in [5.41, 5.74) is 18.3. The standard InChI is InChI=1S/C20H29ClN4O3SSi.C19H26N6O4S.C5H9NO/c1-30(2,3)11-10-28-13-25-19(23-20(24-25)29(21,26)27)22-18-16-8-4-6-14(16)12-15-7-5-9-17(15)18;1-29-16(26)11-25(9-8-20)30(27,28)19-22-18(23-24-19)21-17-14-6-2-4-12(14)10-13-5-3-7-15(13)17;7-5-3-1-2-4-6-5/h12H,4-11,13H2,1-3H3,(H,22,23,24);10H,2-9,11,20H2,1H3,(H2,21,22,23,24);1-4H2,(H,6,7). The number of nitrogens with one attached hydrogen (secondary N) is 4. The third-order valence-electron chi connectivity index (χ3n) is 12.6. The van der Waals surface area contributed by atoms with Crippen LogP contribution in [0.1, 0.15) is 89.5 Å². The van der Waals surface area contributed by atoms with Gasteiger partial charge in [0.2, 0.25) is 17.8 Å². The van der Waals surface area contributed by atoms with Crippen LogP contribution in [0.2, 0.25) is 25.7 Å². The van der Waals surface area contributed by atoms with E-state index in [2.05, 4.69) is 77.7 Å². The van der Waals surface area contributed by atoms with Gasteiger partial charge in [-0.1, -0.05) is 31.8 Å². The molecule has 1 fully saturated rings. The van der Waals surface area contributed by atoms with Gasteiger partial charge in [0.15, 0.2) is 0 Å². The van der Waals surface area contributed by atoms with Gasteiger partial charge in [-0.25, -0.2) is 26.6 Å². The Labute approximate surface area is 398 Å². The lowest BCUT2D eigenvalue weighted by atomic mass is 9.99. The molecule has 0 atom stereocenters. The number of rotatable bonds is 16. The van der Waals surface area contributed by atoms with E-state index < -0.39 is 44.8 Å². The minimum absolute atomic E-state index is 0.0411. The molecule has 2 aromatic carbocycles. The third kappa shape index (κ3) is 12.6. The maximum absolute atomic E-state index is 12.9. The van der Waals surface area contributed by atoms with Crippen LogP contribution in [0.25, 0.3) is 0 Å². The van der Waals surface area contributed by atoms with Crippen molar-refractivity contribution in [3.8, 4) is 0 Å². The van der Waals surface area contributed by atoms with E-state index in [1.165, 1.54) is 56.3 Å². The Morgan fingerprint density at radius 3 is 1.87 bits per heavy atom. The van der Waals surface area contributed by atoms with Crippen molar-refractivity contribution in [3.05, 3.63) is 56.6 Å². The van der Waals surface area contributed by atoms with Crippen molar-refractivity contribution in [2.24, 2.45) is 5.73 Å². The van der Waals surface area contributed by atoms with E-state index in [1.54, 1.807) is 0 Å². The second kappa shape index (κ2) is 21.9. The summed E-state index contributed by atoms with van der Waals surface area (Å²) in [6.07, 6.45) is 15.8. The van der Waals surface area contributed by atoms with Crippen molar-refractivity contribution in [2.75, 3.05) is 50.5 Å². The number of ether oxygens (including phenoxy) is 2. The number of aromatic nitrogens is 6. The average molecular weight is 1000 g/mol. The van der Waals surface area contributed by atoms with Gasteiger partial charge in [-0.05, 0) is 140 Å². The Bertz CT molecular complexity index is 2600. The van der Waals surface area contributed by atoms with Gasteiger partial charge in [-0.3, -0.25) is 9.59 Å². The molecule has 19 nitrogen and oxygen atoms in total. The zero-order valence-electron chi connectivity index (χ0n) is 38.9. The molecule has 23 heteroatoms. The fraction of sp³-hybridized carbons (Fsp3) is 0.591. The van der Waals surface area contributed by atoms with Gasteiger partial charge in [-0.2, -0.15) is 14.3 Å². The number of amides is 1. The number of fused-ring (bicyclic) bond motifs is 4. The van der Waals surface area contributed by atoms with Gasteiger partial charge < -0.3 is 31.2 Å². The summed E-state index contributed by atoms with van der Waals surface area (Å²) in [6, 6.07) is 5.70. The quantitative estimate of drug-likeness (QED) is 0.0420. The minimum Gasteiger partial charge on any atom is -0.468 e. The number of aryl methyl sites for hydroxylation is 4.